The molecular formula is C16H19BrO2. The van der Waals surface area contributed by atoms with Crippen molar-refractivity contribution in [1.29, 1.82) is 0 Å². The van der Waals surface area contributed by atoms with Crippen LogP contribution in [0.15, 0.2) is 30.3 Å². The lowest BCUT2D eigenvalue weighted by atomic mass is 10.0. The van der Waals surface area contributed by atoms with Gasteiger partial charge in [-0.05, 0) is 54.3 Å². The second-order valence-corrected chi connectivity index (χ2v) is 5.31. The van der Waals surface area contributed by atoms with Crippen molar-refractivity contribution in [3.63, 3.8) is 0 Å². The zero-order valence-electron chi connectivity index (χ0n) is 11.4. The highest BCUT2D eigenvalue weighted by molar-refractivity contribution is 9.09. The van der Waals surface area contributed by atoms with E-state index in [4.69, 9.17) is 9.47 Å². The van der Waals surface area contributed by atoms with E-state index in [0.717, 1.165) is 36.3 Å². The second-order valence-electron chi connectivity index (χ2n) is 4.52. The summed E-state index contributed by atoms with van der Waals surface area (Å²) in [7, 11) is 1.70. The van der Waals surface area contributed by atoms with E-state index in [-0.39, 0.29) is 0 Å². The summed E-state index contributed by atoms with van der Waals surface area (Å²) in [6, 6.07) is 10.3. The van der Waals surface area contributed by atoms with Crippen LogP contribution >= 0.6 is 15.9 Å². The van der Waals surface area contributed by atoms with E-state index in [2.05, 4.69) is 41.1 Å². The fraction of sp³-hybridized carbons (Fsp3) is 0.375. The van der Waals surface area contributed by atoms with E-state index in [0.29, 0.717) is 0 Å². The molecule has 0 fully saturated rings. The maximum absolute atomic E-state index is 5.76. The SMILES string of the molecule is COc1ccc2cc(OCCCCBr)ccc2c1C. The number of unbranched alkanes of at least 4 members (excludes halogenated alkanes) is 1. The van der Waals surface area contributed by atoms with Gasteiger partial charge in [-0.3, -0.25) is 0 Å². The van der Waals surface area contributed by atoms with E-state index >= 15 is 0 Å². The Hall–Kier alpha value is -1.22. The van der Waals surface area contributed by atoms with Gasteiger partial charge >= 0.3 is 0 Å². The van der Waals surface area contributed by atoms with Gasteiger partial charge in [0.2, 0.25) is 0 Å². The first-order valence-corrected chi connectivity index (χ1v) is 7.64. The minimum Gasteiger partial charge on any atom is -0.496 e. The molecule has 0 saturated heterocycles. The number of ether oxygens (including phenoxy) is 2. The maximum atomic E-state index is 5.76. The predicted molar refractivity (Wildman–Crippen MR) is 83.8 cm³/mol. The monoisotopic (exact) mass is 322 g/mol. The Morgan fingerprint density at radius 3 is 2.68 bits per heavy atom. The highest BCUT2D eigenvalue weighted by atomic mass is 79.9. The molecule has 0 saturated carbocycles. The molecule has 102 valence electrons. The van der Waals surface area contributed by atoms with Gasteiger partial charge in [0.05, 0.1) is 13.7 Å². The number of rotatable bonds is 6. The minimum atomic E-state index is 0.770. The first-order valence-electron chi connectivity index (χ1n) is 6.52. The van der Waals surface area contributed by atoms with Crippen LogP contribution in [0.1, 0.15) is 18.4 Å². The first kappa shape index (κ1) is 14.2. The summed E-state index contributed by atoms with van der Waals surface area (Å²) < 4.78 is 11.1. The topological polar surface area (TPSA) is 18.5 Å². The van der Waals surface area contributed by atoms with Crippen molar-refractivity contribution in [3.05, 3.63) is 35.9 Å². The van der Waals surface area contributed by atoms with Crippen LogP contribution in [0.25, 0.3) is 10.8 Å². The van der Waals surface area contributed by atoms with Crippen LogP contribution in [-0.2, 0) is 0 Å². The molecule has 2 nitrogen and oxygen atoms in total. The van der Waals surface area contributed by atoms with Crippen LogP contribution in [-0.4, -0.2) is 19.0 Å². The Labute approximate surface area is 122 Å². The summed E-state index contributed by atoms with van der Waals surface area (Å²) in [6.07, 6.45) is 2.22. The Balaban J connectivity index is 2.17. The molecule has 3 heteroatoms. The molecule has 0 bridgehead atoms. The lowest BCUT2D eigenvalue weighted by molar-refractivity contribution is 0.310. The van der Waals surface area contributed by atoms with Crippen molar-refractivity contribution in [2.75, 3.05) is 19.0 Å². The van der Waals surface area contributed by atoms with Gasteiger partial charge in [-0.2, -0.15) is 0 Å². The highest BCUT2D eigenvalue weighted by Crippen LogP contribution is 2.29. The number of methoxy groups -OCH3 is 1. The number of hydrogen-bond acceptors (Lipinski definition) is 2. The fourth-order valence-electron chi connectivity index (χ4n) is 2.14. The summed E-state index contributed by atoms with van der Waals surface area (Å²) >= 11 is 3.42. The highest BCUT2D eigenvalue weighted by Gasteiger charge is 2.04. The Morgan fingerprint density at radius 1 is 1.11 bits per heavy atom. The van der Waals surface area contributed by atoms with Crippen LogP contribution < -0.4 is 9.47 Å². The largest absolute Gasteiger partial charge is 0.496 e. The molecule has 0 aromatic heterocycles. The Kier molecular flexibility index (Phi) is 5.08. The number of aryl methyl sites for hydroxylation is 1. The zero-order chi connectivity index (χ0) is 13.7. The Bertz CT molecular complexity index is 552. The average molecular weight is 323 g/mol. The molecule has 2 rings (SSSR count). The fourth-order valence-corrected chi connectivity index (χ4v) is 2.54. The molecule has 0 aliphatic rings. The molecule has 2 aromatic rings. The van der Waals surface area contributed by atoms with Gasteiger partial charge < -0.3 is 9.47 Å². The van der Waals surface area contributed by atoms with Gasteiger partial charge in [0, 0.05) is 5.33 Å². The predicted octanol–water partition coefficient (Wildman–Crippen LogP) is 4.71. The first-order chi connectivity index (χ1) is 9.26. The van der Waals surface area contributed by atoms with E-state index in [1.54, 1.807) is 7.11 Å². The minimum absolute atomic E-state index is 0.770. The van der Waals surface area contributed by atoms with Crippen molar-refractivity contribution in [2.24, 2.45) is 0 Å². The number of alkyl halides is 1. The molecule has 2 aromatic carbocycles. The van der Waals surface area contributed by atoms with Crippen LogP contribution in [0.4, 0.5) is 0 Å². The molecule has 0 heterocycles. The summed E-state index contributed by atoms with van der Waals surface area (Å²) in [5, 5.41) is 3.44. The average Bonchev–Trinajstić information content (AvgIpc) is 2.44. The van der Waals surface area contributed by atoms with Gasteiger partial charge in [0.1, 0.15) is 11.5 Å². The number of benzene rings is 2. The summed E-state index contributed by atoms with van der Waals surface area (Å²) in [4.78, 5) is 0. The lowest BCUT2D eigenvalue weighted by Gasteiger charge is -2.10. The molecule has 0 unspecified atom stereocenters. The van der Waals surface area contributed by atoms with Gasteiger partial charge in [-0.15, -0.1) is 0 Å². The van der Waals surface area contributed by atoms with Gasteiger partial charge in [0.25, 0.3) is 0 Å². The molecule has 0 aliphatic heterocycles. The van der Waals surface area contributed by atoms with Crippen molar-refractivity contribution in [3.8, 4) is 11.5 Å². The number of hydrogen-bond donors (Lipinski definition) is 0. The van der Waals surface area contributed by atoms with E-state index in [1.165, 1.54) is 16.3 Å². The summed E-state index contributed by atoms with van der Waals surface area (Å²) in [5.74, 6) is 1.87. The van der Waals surface area contributed by atoms with E-state index in [1.807, 2.05) is 12.1 Å². The molecule has 0 atom stereocenters. The van der Waals surface area contributed by atoms with Crippen LogP contribution in [0.3, 0.4) is 0 Å². The quantitative estimate of drug-likeness (QED) is 0.566. The normalized spacial score (nSPS) is 10.7. The van der Waals surface area contributed by atoms with Crippen molar-refractivity contribution in [1.82, 2.24) is 0 Å². The van der Waals surface area contributed by atoms with Crippen LogP contribution in [0.5, 0.6) is 11.5 Å². The lowest BCUT2D eigenvalue weighted by Crippen LogP contribution is -1.97. The standard InChI is InChI=1S/C16H19BrO2/c1-12-15-7-6-14(19-10-4-3-9-17)11-13(15)5-8-16(12)18-2/h5-8,11H,3-4,9-10H2,1-2H3. The third-order valence-electron chi connectivity index (χ3n) is 3.23. The molecular weight excluding hydrogens is 304 g/mol. The summed E-state index contributed by atoms with van der Waals surface area (Å²) in [5.41, 5.74) is 1.17. The Morgan fingerprint density at radius 2 is 1.95 bits per heavy atom. The maximum Gasteiger partial charge on any atom is 0.122 e. The van der Waals surface area contributed by atoms with Crippen LogP contribution in [0.2, 0.25) is 0 Å². The third-order valence-corrected chi connectivity index (χ3v) is 3.79. The molecule has 0 radical (unpaired) electrons. The zero-order valence-corrected chi connectivity index (χ0v) is 13.0. The molecule has 0 N–H and O–H groups in total. The van der Waals surface area contributed by atoms with Crippen molar-refractivity contribution in [2.45, 2.75) is 19.8 Å². The third kappa shape index (κ3) is 3.41. The van der Waals surface area contributed by atoms with Gasteiger partial charge in [0.15, 0.2) is 0 Å². The summed E-state index contributed by atoms with van der Waals surface area (Å²) in [6.45, 7) is 2.85. The number of fused-ring (bicyclic) bond motifs is 1. The van der Waals surface area contributed by atoms with Gasteiger partial charge in [-0.1, -0.05) is 28.1 Å². The number of halogens is 1. The van der Waals surface area contributed by atoms with Crippen molar-refractivity contribution < 1.29 is 9.47 Å². The molecule has 0 aliphatic carbocycles. The van der Waals surface area contributed by atoms with Gasteiger partial charge in [-0.25, -0.2) is 0 Å². The molecule has 0 spiro atoms. The van der Waals surface area contributed by atoms with Crippen molar-refractivity contribution >= 4 is 26.7 Å². The second kappa shape index (κ2) is 6.80. The molecule has 0 amide bonds. The van der Waals surface area contributed by atoms with E-state index < -0.39 is 0 Å². The smallest absolute Gasteiger partial charge is 0.122 e. The van der Waals surface area contributed by atoms with Crippen LogP contribution in [0, 0.1) is 6.92 Å². The van der Waals surface area contributed by atoms with E-state index in [9.17, 15) is 0 Å². The molecule has 19 heavy (non-hydrogen) atoms.